The molecular formula is C13H10O3S. The number of rotatable bonds is 2. The number of hydrogen-bond donors (Lipinski definition) is 0. The fourth-order valence-corrected chi connectivity index (χ4v) is 2.71. The Labute approximate surface area is 103 Å². The first kappa shape index (κ1) is 10.4. The van der Waals surface area contributed by atoms with Crippen LogP contribution in [0.1, 0.15) is 10.4 Å². The molecule has 1 aliphatic heterocycles. The van der Waals surface area contributed by atoms with Gasteiger partial charge in [-0.05, 0) is 5.56 Å². The summed E-state index contributed by atoms with van der Waals surface area (Å²) in [5, 5.41) is 1.96. The van der Waals surface area contributed by atoms with Crippen molar-refractivity contribution >= 4 is 17.6 Å². The van der Waals surface area contributed by atoms with Crippen molar-refractivity contribution in [2.45, 2.75) is 0 Å². The second kappa shape index (κ2) is 4.22. The number of carbonyl (C=O) groups excluding carboxylic acids is 1. The van der Waals surface area contributed by atoms with E-state index in [0.717, 1.165) is 28.2 Å². The molecule has 17 heavy (non-hydrogen) atoms. The van der Waals surface area contributed by atoms with Gasteiger partial charge in [-0.2, -0.15) is 0 Å². The topological polar surface area (TPSA) is 35.5 Å². The smallest absolute Gasteiger partial charge is 0.179 e. The predicted molar refractivity (Wildman–Crippen MR) is 66.1 cm³/mol. The van der Waals surface area contributed by atoms with Gasteiger partial charge in [0.15, 0.2) is 11.5 Å². The Morgan fingerprint density at radius 3 is 2.65 bits per heavy atom. The van der Waals surface area contributed by atoms with Crippen LogP contribution in [0.2, 0.25) is 0 Å². The molecule has 86 valence electrons. The summed E-state index contributed by atoms with van der Waals surface area (Å²) >= 11 is 1.59. The number of hydrogen-bond acceptors (Lipinski definition) is 4. The molecule has 4 heteroatoms. The van der Waals surface area contributed by atoms with Crippen LogP contribution in [0, 0.1) is 0 Å². The van der Waals surface area contributed by atoms with Gasteiger partial charge in [-0.25, -0.2) is 0 Å². The first-order valence-electron chi connectivity index (χ1n) is 5.31. The van der Waals surface area contributed by atoms with Gasteiger partial charge < -0.3 is 9.47 Å². The lowest BCUT2D eigenvalue weighted by atomic mass is 10.1. The van der Waals surface area contributed by atoms with Crippen molar-refractivity contribution < 1.29 is 14.3 Å². The largest absolute Gasteiger partial charge is 0.485 e. The van der Waals surface area contributed by atoms with Crippen LogP contribution >= 0.6 is 11.3 Å². The van der Waals surface area contributed by atoms with E-state index in [1.54, 1.807) is 23.5 Å². The lowest BCUT2D eigenvalue weighted by molar-refractivity contribution is 0.112. The number of fused-ring (bicyclic) bond motifs is 1. The molecule has 1 aromatic heterocycles. The van der Waals surface area contributed by atoms with E-state index in [-0.39, 0.29) is 0 Å². The van der Waals surface area contributed by atoms with Gasteiger partial charge in [0, 0.05) is 10.9 Å². The van der Waals surface area contributed by atoms with Crippen molar-refractivity contribution in [1.29, 1.82) is 0 Å². The van der Waals surface area contributed by atoms with E-state index in [2.05, 4.69) is 0 Å². The van der Waals surface area contributed by atoms with Crippen LogP contribution in [0.5, 0.6) is 11.5 Å². The van der Waals surface area contributed by atoms with E-state index in [1.807, 2.05) is 17.5 Å². The number of benzene rings is 1. The van der Waals surface area contributed by atoms with Gasteiger partial charge in [0.1, 0.15) is 19.5 Å². The number of thiophene rings is 1. The summed E-state index contributed by atoms with van der Waals surface area (Å²) in [6, 6.07) is 7.46. The molecule has 0 spiro atoms. The lowest BCUT2D eigenvalue weighted by Crippen LogP contribution is -2.14. The summed E-state index contributed by atoms with van der Waals surface area (Å²) in [5.41, 5.74) is 1.73. The van der Waals surface area contributed by atoms with Crippen LogP contribution in [0.25, 0.3) is 10.4 Å². The first-order valence-corrected chi connectivity index (χ1v) is 6.19. The zero-order valence-electron chi connectivity index (χ0n) is 9.01. The van der Waals surface area contributed by atoms with Crippen LogP contribution in [-0.4, -0.2) is 19.5 Å². The van der Waals surface area contributed by atoms with Crippen molar-refractivity contribution in [1.82, 2.24) is 0 Å². The fraction of sp³-hybridized carbons (Fsp3) is 0.154. The minimum absolute atomic E-state index is 0.586. The minimum atomic E-state index is 0.586. The lowest BCUT2D eigenvalue weighted by Gasteiger charge is -2.16. The third-order valence-electron chi connectivity index (χ3n) is 2.61. The third kappa shape index (κ3) is 1.80. The molecule has 2 aromatic rings. The molecule has 0 saturated heterocycles. The molecule has 3 rings (SSSR count). The third-order valence-corrected chi connectivity index (χ3v) is 3.60. The molecule has 3 nitrogen and oxygen atoms in total. The highest BCUT2D eigenvalue weighted by molar-refractivity contribution is 7.14. The summed E-state index contributed by atoms with van der Waals surface area (Å²) in [4.78, 5) is 11.6. The highest BCUT2D eigenvalue weighted by atomic mass is 32.1. The second-order valence-corrected chi connectivity index (χ2v) is 4.57. The van der Waals surface area contributed by atoms with Crippen LogP contribution in [0.15, 0.2) is 29.6 Å². The average Bonchev–Trinajstić information content (AvgIpc) is 2.83. The van der Waals surface area contributed by atoms with E-state index in [1.165, 1.54) is 0 Å². The molecule has 0 atom stereocenters. The Balaban J connectivity index is 2.02. The highest BCUT2D eigenvalue weighted by Crippen LogP contribution is 2.45. The maximum atomic E-state index is 10.6. The van der Waals surface area contributed by atoms with Crippen molar-refractivity contribution in [3.8, 4) is 21.9 Å². The Kier molecular flexibility index (Phi) is 2.57. The molecule has 0 radical (unpaired) electrons. The minimum Gasteiger partial charge on any atom is -0.485 e. The summed E-state index contributed by atoms with van der Waals surface area (Å²) in [6.45, 7) is 1.19. The van der Waals surface area contributed by atoms with Crippen LogP contribution < -0.4 is 9.47 Å². The summed E-state index contributed by atoms with van der Waals surface area (Å²) in [6.07, 6.45) is 0.841. The van der Waals surface area contributed by atoms with Gasteiger partial charge in [-0.15, -0.1) is 11.3 Å². The average molecular weight is 246 g/mol. The number of ether oxygens (including phenoxy) is 2. The quantitative estimate of drug-likeness (QED) is 0.764. The zero-order valence-corrected chi connectivity index (χ0v) is 9.83. The Hall–Kier alpha value is -1.81. The molecule has 0 fully saturated rings. The maximum absolute atomic E-state index is 10.6. The van der Waals surface area contributed by atoms with Crippen molar-refractivity contribution in [2.24, 2.45) is 0 Å². The SMILES string of the molecule is O=Cc1ccc(-c2scc3c2OCCO3)cc1. The van der Waals surface area contributed by atoms with Crippen LogP contribution in [0.4, 0.5) is 0 Å². The predicted octanol–water partition coefficient (Wildman–Crippen LogP) is 3.00. The molecule has 0 bridgehead atoms. The van der Waals surface area contributed by atoms with Crippen molar-refractivity contribution in [2.75, 3.05) is 13.2 Å². The normalized spacial score (nSPS) is 13.4. The van der Waals surface area contributed by atoms with Gasteiger partial charge in [0.25, 0.3) is 0 Å². The molecule has 0 aliphatic carbocycles. The van der Waals surface area contributed by atoms with E-state index < -0.39 is 0 Å². The molecule has 1 aromatic carbocycles. The van der Waals surface area contributed by atoms with Crippen molar-refractivity contribution in [3.63, 3.8) is 0 Å². The number of aldehydes is 1. The molecular weight excluding hydrogens is 236 g/mol. The van der Waals surface area contributed by atoms with Gasteiger partial charge in [-0.1, -0.05) is 24.3 Å². The molecule has 0 unspecified atom stereocenters. The van der Waals surface area contributed by atoms with Crippen LogP contribution in [0.3, 0.4) is 0 Å². The molecule has 0 saturated carbocycles. The molecule has 0 N–H and O–H groups in total. The van der Waals surface area contributed by atoms with E-state index in [0.29, 0.717) is 18.8 Å². The molecule has 0 amide bonds. The van der Waals surface area contributed by atoms with Gasteiger partial charge in [0.05, 0.1) is 4.88 Å². The first-order chi connectivity index (χ1) is 8.38. The van der Waals surface area contributed by atoms with E-state index >= 15 is 0 Å². The van der Waals surface area contributed by atoms with E-state index in [4.69, 9.17) is 9.47 Å². The summed E-state index contributed by atoms with van der Waals surface area (Å²) in [5.74, 6) is 1.64. The van der Waals surface area contributed by atoms with Gasteiger partial charge in [0.2, 0.25) is 0 Å². The van der Waals surface area contributed by atoms with Gasteiger partial charge >= 0.3 is 0 Å². The monoisotopic (exact) mass is 246 g/mol. The second-order valence-electron chi connectivity index (χ2n) is 3.69. The van der Waals surface area contributed by atoms with Crippen molar-refractivity contribution in [3.05, 3.63) is 35.2 Å². The molecule has 2 heterocycles. The van der Waals surface area contributed by atoms with Gasteiger partial charge in [-0.3, -0.25) is 4.79 Å². The maximum Gasteiger partial charge on any atom is 0.179 e. The van der Waals surface area contributed by atoms with E-state index in [9.17, 15) is 4.79 Å². The van der Waals surface area contributed by atoms with Crippen LogP contribution in [-0.2, 0) is 0 Å². The summed E-state index contributed by atoms with van der Waals surface area (Å²) in [7, 11) is 0. The Morgan fingerprint density at radius 1 is 1.12 bits per heavy atom. The Bertz CT molecular complexity index is 542. The standard InChI is InChI=1S/C13H10O3S/c14-7-9-1-3-10(4-2-9)13-12-11(8-17-13)15-5-6-16-12/h1-4,7-8H,5-6H2. The number of carbonyl (C=O) groups is 1. The highest BCUT2D eigenvalue weighted by Gasteiger charge is 2.19. The zero-order chi connectivity index (χ0) is 11.7. The fourth-order valence-electron chi connectivity index (χ4n) is 1.78. The summed E-state index contributed by atoms with van der Waals surface area (Å²) < 4.78 is 11.1. The molecule has 1 aliphatic rings. The Morgan fingerprint density at radius 2 is 1.88 bits per heavy atom.